The second-order valence-corrected chi connectivity index (χ2v) is 6.38. The summed E-state index contributed by atoms with van der Waals surface area (Å²) in [6.45, 7) is 0. The Hall–Kier alpha value is -3.97. The van der Waals surface area contributed by atoms with Gasteiger partial charge in [-0.3, -0.25) is 0 Å². The molecular weight excluding hydrogens is 349 g/mol. The fraction of sp³-hybridized carbons (Fsp3) is 0. The predicted molar refractivity (Wildman–Crippen MR) is 110 cm³/mol. The summed E-state index contributed by atoms with van der Waals surface area (Å²) in [4.78, 5) is 4.33. The second-order valence-electron chi connectivity index (χ2n) is 6.38. The average Bonchev–Trinajstić information content (AvgIpc) is 2.74. The first kappa shape index (κ1) is 17.4. The van der Waals surface area contributed by atoms with Gasteiger partial charge in [0.15, 0.2) is 0 Å². The molecule has 0 aliphatic carbocycles. The number of nitrogens with zero attached hydrogens (tertiary/aromatic N) is 2. The second kappa shape index (κ2) is 7.34. The number of halogens is 1. The number of nitrogens with two attached hydrogens (primary N) is 1. The van der Waals surface area contributed by atoms with Crippen LogP contribution in [0.25, 0.3) is 33.5 Å². The van der Waals surface area contributed by atoms with Crippen LogP contribution in [0, 0.1) is 17.1 Å². The van der Waals surface area contributed by atoms with Gasteiger partial charge in [-0.05, 0) is 47.0 Å². The molecule has 134 valence electrons. The van der Waals surface area contributed by atoms with Crippen LogP contribution >= 0.6 is 0 Å². The molecule has 1 aromatic heterocycles. The van der Waals surface area contributed by atoms with Gasteiger partial charge in [0, 0.05) is 11.1 Å². The Kier molecular flexibility index (Phi) is 4.57. The van der Waals surface area contributed by atoms with Crippen molar-refractivity contribution in [2.45, 2.75) is 0 Å². The van der Waals surface area contributed by atoms with E-state index in [1.807, 2.05) is 60.7 Å². The molecule has 0 unspecified atom stereocenters. The van der Waals surface area contributed by atoms with E-state index >= 15 is 0 Å². The Morgan fingerprint density at radius 2 is 1.32 bits per heavy atom. The standard InChI is InChI=1S/C24H16FN3/c25-20-12-10-19(11-13-20)23-14-21(22(15-26)24(27)28-23)18-8-6-17(7-9-18)16-4-2-1-3-5-16/h1-14H,(H2,27,28). The summed E-state index contributed by atoms with van der Waals surface area (Å²) >= 11 is 0. The van der Waals surface area contributed by atoms with Gasteiger partial charge < -0.3 is 5.73 Å². The lowest BCUT2D eigenvalue weighted by atomic mass is 9.96. The van der Waals surface area contributed by atoms with Crippen LogP contribution in [0.15, 0.2) is 84.9 Å². The van der Waals surface area contributed by atoms with Gasteiger partial charge in [0.2, 0.25) is 0 Å². The zero-order valence-electron chi connectivity index (χ0n) is 14.9. The van der Waals surface area contributed by atoms with Crippen LogP contribution in [0.2, 0.25) is 0 Å². The molecule has 0 atom stereocenters. The molecule has 0 saturated heterocycles. The lowest BCUT2D eigenvalue weighted by Gasteiger charge is -2.11. The molecule has 0 fully saturated rings. The molecule has 1 heterocycles. The van der Waals surface area contributed by atoms with Gasteiger partial charge in [0.25, 0.3) is 0 Å². The molecule has 0 radical (unpaired) electrons. The summed E-state index contributed by atoms with van der Waals surface area (Å²) in [5.41, 5.74) is 11.5. The summed E-state index contributed by atoms with van der Waals surface area (Å²) in [6, 6.07) is 28.0. The van der Waals surface area contributed by atoms with Crippen LogP contribution in [0.3, 0.4) is 0 Å². The summed E-state index contributed by atoms with van der Waals surface area (Å²) in [7, 11) is 0. The van der Waals surface area contributed by atoms with Gasteiger partial charge in [-0.15, -0.1) is 0 Å². The molecule has 4 aromatic rings. The van der Waals surface area contributed by atoms with Crippen molar-refractivity contribution in [1.29, 1.82) is 5.26 Å². The van der Waals surface area contributed by atoms with Crippen LogP contribution < -0.4 is 5.73 Å². The van der Waals surface area contributed by atoms with E-state index in [0.29, 0.717) is 16.8 Å². The van der Waals surface area contributed by atoms with Crippen molar-refractivity contribution in [2.75, 3.05) is 5.73 Å². The van der Waals surface area contributed by atoms with E-state index in [2.05, 4.69) is 11.1 Å². The number of nitriles is 1. The van der Waals surface area contributed by atoms with Crippen molar-refractivity contribution in [2.24, 2.45) is 0 Å². The number of benzene rings is 3. The third-order valence-corrected chi connectivity index (χ3v) is 4.60. The number of anilines is 1. The van der Waals surface area contributed by atoms with Crippen LogP contribution in [0.4, 0.5) is 10.2 Å². The molecule has 4 heteroatoms. The zero-order valence-corrected chi connectivity index (χ0v) is 14.9. The van der Waals surface area contributed by atoms with Crippen molar-refractivity contribution >= 4 is 5.82 Å². The van der Waals surface area contributed by atoms with E-state index in [-0.39, 0.29) is 11.6 Å². The third kappa shape index (κ3) is 3.34. The van der Waals surface area contributed by atoms with E-state index in [4.69, 9.17) is 5.73 Å². The zero-order chi connectivity index (χ0) is 19.5. The molecule has 0 amide bonds. The van der Waals surface area contributed by atoms with Gasteiger partial charge in [0.05, 0.1) is 5.69 Å². The Bertz CT molecular complexity index is 1160. The largest absolute Gasteiger partial charge is 0.383 e. The number of aromatic nitrogens is 1. The molecule has 28 heavy (non-hydrogen) atoms. The lowest BCUT2D eigenvalue weighted by Crippen LogP contribution is -1.99. The molecule has 2 N–H and O–H groups in total. The highest BCUT2D eigenvalue weighted by molar-refractivity contribution is 5.81. The fourth-order valence-electron chi connectivity index (χ4n) is 3.15. The first-order valence-electron chi connectivity index (χ1n) is 8.78. The van der Waals surface area contributed by atoms with Crippen LogP contribution in [0.1, 0.15) is 5.56 Å². The van der Waals surface area contributed by atoms with E-state index in [9.17, 15) is 9.65 Å². The van der Waals surface area contributed by atoms with Gasteiger partial charge in [-0.25, -0.2) is 9.37 Å². The summed E-state index contributed by atoms with van der Waals surface area (Å²) < 4.78 is 13.2. The van der Waals surface area contributed by atoms with Gasteiger partial charge in [0.1, 0.15) is 23.3 Å². The molecule has 0 aliphatic heterocycles. The first-order chi connectivity index (χ1) is 13.7. The highest BCUT2D eigenvalue weighted by Gasteiger charge is 2.13. The maximum atomic E-state index is 13.2. The van der Waals surface area contributed by atoms with Crippen LogP contribution in [0.5, 0.6) is 0 Å². The molecule has 0 aliphatic rings. The third-order valence-electron chi connectivity index (χ3n) is 4.60. The average molecular weight is 365 g/mol. The monoisotopic (exact) mass is 365 g/mol. The van der Waals surface area contributed by atoms with Crippen molar-refractivity contribution in [3.63, 3.8) is 0 Å². The van der Waals surface area contributed by atoms with Crippen LogP contribution in [-0.2, 0) is 0 Å². The first-order valence-corrected chi connectivity index (χ1v) is 8.78. The van der Waals surface area contributed by atoms with Crippen molar-refractivity contribution in [3.8, 4) is 39.6 Å². The van der Waals surface area contributed by atoms with E-state index < -0.39 is 0 Å². The van der Waals surface area contributed by atoms with E-state index in [1.54, 1.807) is 12.1 Å². The van der Waals surface area contributed by atoms with E-state index in [0.717, 1.165) is 22.3 Å². The normalized spacial score (nSPS) is 10.4. The topological polar surface area (TPSA) is 62.7 Å². The van der Waals surface area contributed by atoms with Crippen molar-refractivity contribution in [3.05, 3.63) is 96.3 Å². The maximum absolute atomic E-state index is 13.2. The minimum Gasteiger partial charge on any atom is -0.383 e. The van der Waals surface area contributed by atoms with Gasteiger partial charge in [-0.2, -0.15) is 5.26 Å². The molecule has 0 saturated carbocycles. The number of nitrogen functional groups attached to an aromatic ring is 1. The molecule has 0 bridgehead atoms. The highest BCUT2D eigenvalue weighted by atomic mass is 19.1. The number of pyridine rings is 1. The lowest BCUT2D eigenvalue weighted by molar-refractivity contribution is 0.628. The Morgan fingerprint density at radius 3 is 1.96 bits per heavy atom. The molecular formula is C24H16FN3. The highest BCUT2D eigenvalue weighted by Crippen LogP contribution is 2.32. The van der Waals surface area contributed by atoms with Gasteiger partial charge in [-0.1, -0.05) is 54.6 Å². The van der Waals surface area contributed by atoms with Gasteiger partial charge >= 0.3 is 0 Å². The molecule has 0 spiro atoms. The van der Waals surface area contributed by atoms with E-state index in [1.165, 1.54) is 12.1 Å². The SMILES string of the molecule is N#Cc1c(-c2ccc(-c3ccccc3)cc2)cc(-c2ccc(F)cc2)nc1N. The number of rotatable bonds is 3. The Labute approximate surface area is 162 Å². The smallest absolute Gasteiger partial charge is 0.142 e. The Balaban J connectivity index is 1.80. The minimum absolute atomic E-state index is 0.159. The summed E-state index contributed by atoms with van der Waals surface area (Å²) in [5.74, 6) is -0.159. The maximum Gasteiger partial charge on any atom is 0.142 e. The molecule has 3 nitrogen and oxygen atoms in total. The van der Waals surface area contributed by atoms with Crippen LogP contribution in [-0.4, -0.2) is 4.98 Å². The quantitative estimate of drug-likeness (QED) is 0.508. The molecule has 3 aromatic carbocycles. The Morgan fingerprint density at radius 1 is 0.750 bits per heavy atom. The predicted octanol–water partition coefficient (Wildman–Crippen LogP) is 5.68. The fourth-order valence-corrected chi connectivity index (χ4v) is 3.15. The number of hydrogen-bond donors (Lipinski definition) is 1. The van der Waals surface area contributed by atoms with Crippen molar-refractivity contribution in [1.82, 2.24) is 4.98 Å². The molecule has 4 rings (SSSR count). The summed E-state index contributed by atoms with van der Waals surface area (Å²) in [6.07, 6.45) is 0. The van der Waals surface area contributed by atoms with Crippen molar-refractivity contribution < 1.29 is 4.39 Å². The minimum atomic E-state index is -0.318. The number of hydrogen-bond acceptors (Lipinski definition) is 3. The summed E-state index contributed by atoms with van der Waals surface area (Å²) in [5, 5.41) is 9.57.